The van der Waals surface area contributed by atoms with Crippen LogP contribution in [0.1, 0.15) is 54.2 Å². The number of methoxy groups -OCH3 is 1. The molecule has 1 saturated carbocycles. The van der Waals surface area contributed by atoms with E-state index in [-0.39, 0.29) is 36.5 Å². The molecule has 2 aliphatic rings. The third kappa shape index (κ3) is 7.09. The van der Waals surface area contributed by atoms with Crippen LogP contribution in [0.3, 0.4) is 0 Å². The van der Waals surface area contributed by atoms with Gasteiger partial charge >= 0.3 is 0 Å². The molecule has 5 rings (SSSR count). The number of carbonyl (C=O) groups excluding carboxylic acids is 1. The summed E-state index contributed by atoms with van der Waals surface area (Å²) in [6.07, 6.45) is 8.26. The Labute approximate surface area is 238 Å². The van der Waals surface area contributed by atoms with Crippen LogP contribution in [0.25, 0.3) is 11.3 Å². The molecule has 1 amide bonds. The number of nitrogens with one attached hydrogen (secondary N) is 1. The van der Waals surface area contributed by atoms with E-state index >= 15 is 0 Å². The molecule has 39 heavy (non-hydrogen) atoms. The highest BCUT2D eigenvalue weighted by Crippen LogP contribution is 2.35. The van der Waals surface area contributed by atoms with Gasteiger partial charge in [-0.05, 0) is 24.8 Å². The van der Waals surface area contributed by atoms with Crippen molar-refractivity contribution in [2.24, 2.45) is 0 Å². The van der Waals surface area contributed by atoms with Gasteiger partial charge in [-0.3, -0.25) is 4.79 Å². The van der Waals surface area contributed by atoms with Gasteiger partial charge in [-0.1, -0.05) is 79.9 Å². The standard InChI is InChI=1S/C31H40N4O3.ClH/c1-37-19-20-38-28-16-10-4-9-15-27(28)35-23-33-29(30(35)25-13-7-3-8-14-25)31(36)34-18-17-32-22-26(34)21-24-11-5-2-6-12-24;/h2-3,5-8,11-14,23,26-28,32H,4,9-10,15-22H2,1H3;1H/t26-,27+,28+;/m1./s1. The highest BCUT2D eigenvalue weighted by molar-refractivity contribution is 5.98. The second-order valence-corrected chi connectivity index (χ2v) is 10.4. The number of ether oxygens (including phenoxy) is 2. The lowest BCUT2D eigenvalue weighted by Gasteiger charge is -2.36. The zero-order chi connectivity index (χ0) is 26.2. The van der Waals surface area contributed by atoms with Gasteiger partial charge in [0, 0.05) is 38.3 Å². The first-order chi connectivity index (χ1) is 18.8. The first-order valence-electron chi connectivity index (χ1n) is 14.0. The van der Waals surface area contributed by atoms with Crippen molar-refractivity contribution in [3.8, 4) is 11.3 Å². The molecule has 3 aromatic rings. The topological polar surface area (TPSA) is 68.6 Å². The molecule has 1 aromatic heterocycles. The number of benzene rings is 2. The predicted octanol–water partition coefficient (Wildman–Crippen LogP) is 5.17. The van der Waals surface area contributed by atoms with E-state index in [4.69, 9.17) is 14.5 Å². The normalized spacial score (nSPS) is 21.7. The van der Waals surface area contributed by atoms with E-state index in [1.165, 1.54) is 12.0 Å². The minimum absolute atomic E-state index is 0. The minimum Gasteiger partial charge on any atom is -0.382 e. The van der Waals surface area contributed by atoms with Crippen molar-refractivity contribution in [3.05, 3.63) is 78.2 Å². The molecule has 1 aliphatic heterocycles. The Morgan fingerprint density at radius 1 is 1.00 bits per heavy atom. The molecular weight excluding hydrogens is 512 g/mol. The van der Waals surface area contributed by atoms with E-state index < -0.39 is 0 Å². The Morgan fingerprint density at radius 3 is 2.51 bits per heavy atom. The highest BCUT2D eigenvalue weighted by Gasteiger charge is 2.34. The van der Waals surface area contributed by atoms with Gasteiger partial charge in [0.25, 0.3) is 5.91 Å². The van der Waals surface area contributed by atoms with E-state index in [1.807, 2.05) is 35.5 Å². The summed E-state index contributed by atoms with van der Waals surface area (Å²) >= 11 is 0. The van der Waals surface area contributed by atoms with Crippen LogP contribution in [0.15, 0.2) is 67.0 Å². The molecule has 210 valence electrons. The average molecular weight is 553 g/mol. The molecule has 3 atom stereocenters. The summed E-state index contributed by atoms with van der Waals surface area (Å²) in [7, 11) is 1.70. The quantitative estimate of drug-likeness (QED) is 0.293. The van der Waals surface area contributed by atoms with Gasteiger partial charge in [-0.15, -0.1) is 12.4 Å². The predicted molar refractivity (Wildman–Crippen MR) is 156 cm³/mol. The molecule has 0 spiro atoms. The first kappa shape index (κ1) is 29.3. The van der Waals surface area contributed by atoms with Crippen LogP contribution in [0.5, 0.6) is 0 Å². The Balaban J connectivity index is 0.00000353. The maximum Gasteiger partial charge on any atom is 0.275 e. The lowest BCUT2D eigenvalue weighted by Crippen LogP contribution is -2.54. The van der Waals surface area contributed by atoms with Crippen LogP contribution in [-0.2, 0) is 15.9 Å². The van der Waals surface area contributed by atoms with Gasteiger partial charge < -0.3 is 24.3 Å². The molecule has 1 aliphatic carbocycles. The first-order valence-corrected chi connectivity index (χ1v) is 14.0. The van der Waals surface area contributed by atoms with Crippen LogP contribution in [0.2, 0.25) is 0 Å². The Kier molecular flexibility index (Phi) is 11.0. The van der Waals surface area contributed by atoms with Gasteiger partial charge in [0.05, 0.1) is 37.4 Å². The van der Waals surface area contributed by atoms with Crippen molar-refractivity contribution >= 4 is 18.3 Å². The van der Waals surface area contributed by atoms with Crippen LogP contribution in [0, 0.1) is 0 Å². The van der Waals surface area contributed by atoms with E-state index in [9.17, 15) is 4.79 Å². The van der Waals surface area contributed by atoms with Crippen molar-refractivity contribution < 1.29 is 14.3 Å². The number of hydrogen-bond donors (Lipinski definition) is 1. The summed E-state index contributed by atoms with van der Waals surface area (Å²) < 4.78 is 13.8. The molecule has 0 unspecified atom stereocenters. The number of piperazine rings is 1. The molecule has 8 heteroatoms. The number of carbonyl (C=O) groups is 1. The summed E-state index contributed by atoms with van der Waals surface area (Å²) in [6.45, 7) is 3.38. The molecule has 0 bridgehead atoms. The number of halogens is 1. The molecule has 1 N–H and O–H groups in total. The maximum absolute atomic E-state index is 14.2. The largest absolute Gasteiger partial charge is 0.382 e. The minimum atomic E-state index is 0. The van der Waals surface area contributed by atoms with E-state index in [0.717, 1.165) is 56.5 Å². The van der Waals surface area contributed by atoms with Gasteiger partial charge in [0.15, 0.2) is 5.69 Å². The van der Waals surface area contributed by atoms with Crippen LogP contribution < -0.4 is 5.32 Å². The van der Waals surface area contributed by atoms with E-state index in [0.29, 0.717) is 25.5 Å². The second-order valence-electron chi connectivity index (χ2n) is 10.4. The number of hydrogen-bond acceptors (Lipinski definition) is 5. The Morgan fingerprint density at radius 2 is 1.74 bits per heavy atom. The fraction of sp³-hybridized carbons (Fsp3) is 0.484. The summed E-state index contributed by atoms with van der Waals surface area (Å²) in [6, 6.07) is 20.9. The zero-order valence-corrected chi connectivity index (χ0v) is 23.7. The molecule has 1 saturated heterocycles. The number of imidazole rings is 1. The molecule has 7 nitrogen and oxygen atoms in total. The van der Waals surface area contributed by atoms with Crippen LogP contribution in [-0.4, -0.2) is 72.5 Å². The lowest BCUT2D eigenvalue weighted by molar-refractivity contribution is -0.0126. The van der Waals surface area contributed by atoms with Crippen molar-refractivity contribution in [2.45, 2.75) is 56.7 Å². The molecular formula is C31H41ClN4O3. The number of nitrogens with zero attached hydrogens (tertiary/aromatic N) is 3. The number of amides is 1. The summed E-state index contributed by atoms with van der Waals surface area (Å²) in [4.78, 5) is 21.1. The van der Waals surface area contributed by atoms with Gasteiger partial charge in [-0.25, -0.2) is 4.98 Å². The smallest absolute Gasteiger partial charge is 0.275 e. The van der Waals surface area contributed by atoms with E-state index in [1.54, 1.807) is 7.11 Å². The Bertz CT molecular complexity index is 1160. The molecule has 2 fully saturated rings. The summed E-state index contributed by atoms with van der Waals surface area (Å²) in [5.41, 5.74) is 3.70. The van der Waals surface area contributed by atoms with E-state index in [2.05, 4.69) is 46.3 Å². The molecule has 0 radical (unpaired) electrons. The molecule has 2 aromatic carbocycles. The monoisotopic (exact) mass is 552 g/mol. The van der Waals surface area contributed by atoms with Gasteiger partial charge in [0.1, 0.15) is 0 Å². The van der Waals surface area contributed by atoms with Crippen molar-refractivity contribution in [3.63, 3.8) is 0 Å². The number of aromatic nitrogens is 2. The van der Waals surface area contributed by atoms with Crippen molar-refractivity contribution in [2.75, 3.05) is 40.0 Å². The SMILES string of the molecule is COCCO[C@H]1CCCCC[C@@H]1n1cnc(C(=O)N2CCNC[C@H]2Cc2ccccc2)c1-c1ccccc1.Cl. The van der Waals surface area contributed by atoms with Crippen molar-refractivity contribution in [1.82, 2.24) is 19.8 Å². The average Bonchev–Trinajstić information content (AvgIpc) is 3.27. The maximum atomic E-state index is 14.2. The summed E-state index contributed by atoms with van der Waals surface area (Å²) in [5.74, 6) is 0.00973. The molecule has 2 heterocycles. The zero-order valence-electron chi connectivity index (χ0n) is 22.8. The third-order valence-corrected chi connectivity index (χ3v) is 7.86. The Hall–Kier alpha value is -2.71. The summed E-state index contributed by atoms with van der Waals surface area (Å²) in [5, 5.41) is 3.49. The number of rotatable bonds is 9. The second kappa shape index (κ2) is 14.6. The fourth-order valence-electron chi connectivity index (χ4n) is 5.93. The third-order valence-electron chi connectivity index (χ3n) is 7.86. The van der Waals surface area contributed by atoms with Crippen LogP contribution >= 0.6 is 12.4 Å². The lowest BCUT2D eigenvalue weighted by atomic mass is 10.0. The van der Waals surface area contributed by atoms with Crippen LogP contribution in [0.4, 0.5) is 0 Å². The van der Waals surface area contributed by atoms with Crippen molar-refractivity contribution in [1.29, 1.82) is 0 Å². The van der Waals surface area contributed by atoms with Gasteiger partial charge in [-0.2, -0.15) is 0 Å². The van der Waals surface area contributed by atoms with Gasteiger partial charge in [0.2, 0.25) is 0 Å². The highest BCUT2D eigenvalue weighted by atomic mass is 35.5. The fourth-order valence-corrected chi connectivity index (χ4v) is 5.93.